The summed E-state index contributed by atoms with van der Waals surface area (Å²) in [7, 11) is -2.82. The highest BCUT2D eigenvalue weighted by Crippen LogP contribution is 2.36. The van der Waals surface area contributed by atoms with Gasteiger partial charge in [-0.1, -0.05) is 6.92 Å². The number of rotatable bonds is 3. The third-order valence-electron chi connectivity index (χ3n) is 4.93. The Morgan fingerprint density at radius 1 is 1.26 bits per heavy atom. The van der Waals surface area contributed by atoms with Crippen LogP contribution in [0.2, 0.25) is 0 Å². The van der Waals surface area contributed by atoms with Crippen LogP contribution < -0.4 is 0 Å². The maximum absolute atomic E-state index is 11.4. The molecule has 5 nitrogen and oxygen atoms in total. The van der Waals surface area contributed by atoms with Crippen LogP contribution in [-0.4, -0.2) is 55.0 Å². The molecule has 2 heterocycles. The Balaban J connectivity index is 1.92. The van der Waals surface area contributed by atoms with Gasteiger partial charge in [0.2, 0.25) is 0 Å². The van der Waals surface area contributed by atoms with Crippen LogP contribution in [0, 0.1) is 5.41 Å². The highest BCUT2D eigenvalue weighted by molar-refractivity contribution is 7.91. The Morgan fingerprint density at radius 3 is 2.21 bits per heavy atom. The highest BCUT2D eigenvalue weighted by atomic mass is 32.2. The van der Waals surface area contributed by atoms with Crippen molar-refractivity contribution in [2.75, 3.05) is 24.6 Å². The molecule has 0 aromatic carbocycles. The van der Waals surface area contributed by atoms with E-state index in [0.29, 0.717) is 38.1 Å². The number of sulfone groups is 1. The fraction of sp³-hybridized carbons (Fsp3) is 0.923. The molecule has 0 amide bonds. The van der Waals surface area contributed by atoms with E-state index < -0.39 is 21.2 Å². The first-order valence-electron chi connectivity index (χ1n) is 7.06. The lowest BCUT2D eigenvalue weighted by molar-refractivity contribution is -0.152. The molecule has 0 radical (unpaired) electrons. The predicted octanol–water partition coefficient (Wildman–Crippen LogP) is 1.14. The second-order valence-electron chi connectivity index (χ2n) is 5.86. The Bertz CT molecular complexity index is 424. The van der Waals surface area contributed by atoms with Crippen LogP contribution in [0.3, 0.4) is 0 Å². The van der Waals surface area contributed by atoms with Gasteiger partial charge in [0, 0.05) is 6.04 Å². The van der Waals surface area contributed by atoms with Gasteiger partial charge in [0.1, 0.15) is 9.84 Å². The zero-order valence-electron chi connectivity index (χ0n) is 11.5. The molecule has 0 bridgehead atoms. The molecule has 2 aliphatic heterocycles. The molecule has 0 atom stereocenters. The number of hydrogen-bond acceptors (Lipinski definition) is 4. The summed E-state index contributed by atoms with van der Waals surface area (Å²) in [5.74, 6) is -0.112. The van der Waals surface area contributed by atoms with Crippen LogP contribution in [0.5, 0.6) is 0 Å². The van der Waals surface area contributed by atoms with E-state index in [4.69, 9.17) is 0 Å². The smallest absolute Gasteiger partial charge is 0.309 e. The van der Waals surface area contributed by atoms with Crippen molar-refractivity contribution in [1.82, 2.24) is 4.90 Å². The molecule has 0 spiro atoms. The third-order valence-corrected chi connectivity index (χ3v) is 6.64. The molecule has 110 valence electrons. The van der Waals surface area contributed by atoms with E-state index in [1.807, 2.05) is 6.92 Å². The third kappa shape index (κ3) is 3.11. The molecular weight excluding hydrogens is 266 g/mol. The molecule has 0 aromatic rings. The average molecular weight is 289 g/mol. The molecule has 2 aliphatic rings. The molecule has 0 saturated carbocycles. The maximum atomic E-state index is 11.4. The average Bonchev–Trinajstić information content (AvgIpc) is 2.39. The van der Waals surface area contributed by atoms with Gasteiger partial charge in [0.15, 0.2) is 0 Å². The number of nitrogens with zero attached hydrogens (tertiary/aromatic N) is 1. The topological polar surface area (TPSA) is 74.7 Å². The Morgan fingerprint density at radius 2 is 1.79 bits per heavy atom. The second-order valence-corrected chi connectivity index (χ2v) is 8.16. The van der Waals surface area contributed by atoms with Crippen molar-refractivity contribution >= 4 is 15.8 Å². The van der Waals surface area contributed by atoms with E-state index in [9.17, 15) is 18.3 Å². The van der Waals surface area contributed by atoms with Crippen molar-refractivity contribution < 1.29 is 18.3 Å². The summed E-state index contributed by atoms with van der Waals surface area (Å²) in [6, 6.07) is 0.326. The van der Waals surface area contributed by atoms with Gasteiger partial charge < -0.3 is 10.0 Å². The molecule has 0 aromatic heterocycles. The van der Waals surface area contributed by atoms with E-state index >= 15 is 0 Å². The number of aliphatic carboxylic acids is 1. The predicted molar refractivity (Wildman–Crippen MR) is 72.8 cm³/mol. The summed E-state index contributed by atoms with van der Waals surface area (Å²) in [4.78, 5) is 13.7. The van der Waals surface area contributed by atoms with Gasteiger partial charge in [0.05, 0.1) is 16.9 Å². The first-order valence-corrected chi connectivity index (χ1v) is 8.88. The molecule has 0 unspecified atom stereocenters. The van der Waals surface area contributed by atoms with Gasteiger partial charge in [-0.25, -0.2) is 8.42 Å². The minimum absolute atomic E-state index is 0.284. The monoisotopic (exact) mass is 289 g/mol. The van der Waals surface area contributed by atoms with Crippen molar-refractivity contribution in [2.45, 2.75) is 45.1 Å². The lowest BCUT2D eigenvalue weighted by Crippen LogP contribution is -2.49. The van der Waals surface area contributed by atoms with Crippen molar-refractivity contribution in [2.24, 2.45) is 5.41 Å². The van der Waals surface area contributed by atoms with Gasteiger partial charge >= 0.3 is 5.97 Å². The van der Waals surface area contributed by atoms with Crippen LogP contribution in [0.1, 0.15) is 39.0 Å². The minimum atomic E-state index is -2.82. The van der Waals surface area contributed by atoms with Gasteiger partial charge in [-0.05, 0) is 45.2 Å². The lowest BCUT2D eigenvalue weighted by Gasteiger charge is -2.42. The van der Waals surface area contributed by atoms with E-state index in [1.54, 1.807) is 0 Å². The van der Waals surface area contributed by atoms with Gasteiger partial charge in [-0.2, -0.15) is 0 Å². The summed E-state index contributed by atoms with van der Waals surface area (Å²) in [5.41, 5.74) is -0.558. The van der Waals surface area contributed by atoms with E-state index in [-0.39, 0.29) is 11.5 Å². The van der Waals surface area contributed by atoms with Gasteiger partial charge in [0.25, 0.3) is 0 Å². The molecule has 2 fully saturated rings. The normalized spacial score (nSPS) is 28.1. The minimum Gasteiger partial charge on any atom is -0.481 e. The Hall–Kier alpha value is -0.620. The van der Waals surface area contributed by atoms with Crippen LogP contribution >= 0.6 is 0 Å². The molecule has 2 rings (SSSR count). The molecule has 1 N–H and O–H groups in total. The number of piperidine rings is 1. The fourth-order valence-electron chi connectivity index (χ4n) is 3.28. The zero-order chi connectivity index (χ0) is 14.1. The van der Waals surface area contributed by atoms with Crippen LogP contribution in [-0.2, 0) is 14.6 Å². The zero-order valence-corrected chi connectivity index (χ0v) is 12.3. The Labute approximate surface area is 114 Å². The van der Waals surface area contributed by atoms with Crippen LogP contribution in [0.25, 0.3) is 0 Å². The standard InChI is InChI=1S/C13H23NO4S/c1-2-13(12(15)16)5-7-14(8-6-13)11-3-9-19(17,18)10-4-11/h11H,2-10H2,1H3,(H,15,16). The number of hydrogen-bond donors (Lipinski definition) is 1. The highest BCUT2D eigenvalue weighted by Gasteiger charge is 2.41. The lowest BCUT2D eigenvalue weighted by atomic mass is 9.76. The Kier molecular flexibility index (Phi) is 4.20. The maximum Gasteiger partial charge on any atom is 0.309 e. The van der Waals surface area contributed by atoms with Crippen molar-refractivity contribution in [3.8, 4) is 0 Å². The van der Waals surface area contributed by atoms with Crippen LogP contribution in [0.4, 0.5) is 0 Å². The molecule has 19 heavy (non-hydrogen) atoms. The van der Waals surface area contributed by atoms with E-state index in [0.717, 1.165) is 13.1 Å². The molecule has 6 heteroatoms. The van der Waals surface area contributed by atoms with Crippen molar-refractivity contribution in [1.29, 1.82) is 0 Å². The quantitative estimate of drug-likeness (QED) is 0.843. The largest absolute Gasteiger partial charge is 0.481 e. The van der Waals surface area contributed by atoms with E-state index in [2.05, 4.69) is 4.90 Å². The van der Waals surface area contributed by atoms with Crippen LogP contribution in [0.15, 0.2) is 0 Å². The number of likely N-dealkylation sites (tertiary alicyclic amines) is 1. The number of carboxylic acid groups (broad SMARTS) is 1. The molecule has 0 aliphatic carbocycles. The first-order chi connectivity index (χ1) is 8.88. The summed E-state index contributed by atoms with van der Waals surface area (Å²) >= 11 is 0. The summed E-state index contributed by atoms with van der Waals surface area (Å²) in [6.07, 6.45) is 3.45. The van der Waals surface area contributed by atoms with Gasteiger partial charge in [-0.3, -0.25) is 4.79 Å². The van der Waals surface area contributed by atoms with Crippen molar-refractivity contribution in [3.05, 3.63) is 0 Å². The first kappa shape index (κ1) is 14.8. The van der Waals surface area contributed by atoms with E-state index in [1.165, 1.54) is 0 Å². The fourth-order valence-corrected chi connectivity index (χ4v) is 4.75. The summed E-state index contributed by atoms with van der Waals surface area (Å²) in [5, 5.41) is 9.36. The number of carboxylic acids is 1. The summed E-state index contributed by atoms with van der Waals surface area (Å²) in [6.45, 7) is 3.51. The van der Waals surface area contributed by atoms with Gasteiger partial charge in [-0.15, -0.1) is 0 Å². The SMILES string of the molecule is CCC1(C(=O)O)CCN(C2CCS(=O)(=O)CC2)CC1. The summed E-state index contributed by atoms with van der Waals surface area (Å²) < 4.78 is 22.8. The number of carbonyl (C=O) groups is 1. The molecular formula is C13H23NO4S. The molecule has 2 saturated heterocycles. The van der Waals surface area contributed by atoms with Crippen molar-refractivity contribution in [3.63, 3.8) is 0 Å². The second kappa shape index (κ2) is 5.40.